The van der Waals surface area contributed by atoms with Crippen molar-refractivity contribution in [3.05, 3.63) is 59.3 Å². The van der Waals surface area contributed by atoms with E-state index < -0.39 is 6.16 Å². The van der Waals surface area contributed by atoms with Crippen LogP contribution in [0.2, 0.25) is 0 Å². The van der Waals surface area contributed by atoms with Crippen molar-refractivity contribution < 1.29 is 14.6 Å². The van der Waals surface area contributed by atoms with Gasteiger partial charge in [0.15, 0.2) is 0 Å². The normalized spacial score (nSPS) is 16.1. The standard InChI is InChI=1S/C14H11N3O3/c18-14(19)20-12-6-5-10(7-15-12)13-11-4-2-1-3-9(11)8-16-17-13/h1-8,13,17H,(H,18,19). The Hall–Kier alpha value is -2.89. The lowest BCUT2D eigenvalue weighted by atomic mass is 9.95. The van der Waals surface area contributed by atoms with Gasteiger partial charge in [-0.05, 0) is 17.2 Å². The van der Waals surface area contributed by atoms with Crippen LogP contribution in [-0.2, 0) is 0 Å². The van der Waals surface area contributed by atoms with E-state index in [2.05, 4.69) is 20.2 Å². The van der Waals surface area contributed by atoms with Crippen LogP contribution in [-0.4, -0.2) is 22.5 Å². The number of benzene rings is 1. The van der Waals surface area contributed by atoms with Crippen LogP contribution in [0.4, 0.5) is 4.79 Å². The Labute approximate surface area is 114 Å². The highest BCUT2D eigenvalue weighted by Gasteiger charge is 2.19. The Bertz CT molecular complexity index is 668. The van der Waals surface area contributed by atoms with Gasteiger partial charge in [0.2, 0.25) is 5.88 Å². The van der Waals surface area contributed by atoms with Gasteiger partial charge in [0.25, 0.3) is 0 Å². The molecule has 1 aliphatic rings. The fraction of sp³-hybridized carbons (Fsp3) is 0.0714. The van der Waals surface area contributed by atoms with E-state index in [0.717, 1.165) is 16.7 Å². The number of carbonyl (C=O) groups is 1. The van der Waals surface area contributed by atoms with Crippen LogP contribution in [0.15, 0.2) is 47.7 Å². The molecule has 6 nitrogen and oxygen atoms in total. The fourth-order valence-electron chi connectivity index (χ4n) is 2.11. The first-order valence-electron chi connectivity index (χ1n) is 5.98. The first-order chi connectivity index (χ1) is 9.74. The van der Waals surface area contributed by atoms with E-state index in [0.29, 0.717) is 0 Å². The lowest BCUT2D eigenvalue weighted by molar-refractivity contribution is 0.142. The van der Waals surface area contributed by atoms with E-state index >= 15 is 0 Å². The largest absolute Gasteiger partial charge is 0.512 e. The highest BCUT2D eigenvalue weighted by atomic mass is 16.7. The van der Waals surface area contributed by atoms with Crippen LogP contribution in [0.5, 0.6) is 5.88 Å². The summed E-state index contributed by atoms with van der Waals surface area (Å²) in [5.41, 5.74) is 6.04. The summed E-state index contributed by atoms with van der Waals surface area (Å²) in [7, 11) is 0. The maximum atomic E-state index is 10.4. The molecule has 0 radical (unpaired) electrons. The number of pyridine rings is 1. The van der Waals surface area contributed by atoms with E-state index in [4.69, 9.17) is 5.11 Å². The smallest absolute Gasteiger partial charge is 0.449 e. The van der Waals surface area contributed by atoms with Crippen LogP contribution in [0.3, 0.4) is 0 Å². The Morgan fingerprint density at radius 2 is 2.10 bits per heavy atom. The first-order valence-corrected chi connectivity index (χ1v) is 5.98. The number of ether oxygens (including phenoxy) is 1. The number of aromatic nitrogens is 1. The lowest BCUT2D eigenvalue weighted by Crippen LogP contribution is -2.22. The predicted molar refractivity (Wildman–Crippen MR) is 71.9 cm³/mol. The summed E-state index contributed by atoms with van der Waals surface area (Å²) in [4.78, 5) is 14.4. The van der Waals surface area contributed by atoms with Gasteiger partial charge < -0.3 is 9.84 Å². The number of rotatable bonds is 2. The molecule has 1 atom stereocenters. The lowest BCUT2D eigenvalue weighted by Gasteiger charge is -2.22. The molecule has 0 bridgehead atoms. The maximum Gasteiger partial charge on any atom is 0.512 e. The van der Waals surface area contributed by atoms with Crippen molar-refractivity contribution >= 4 is 12.4 Å². The van der Waals surface area contributed by atoms with Crippen molar-refractivity contribution in [3.8, 4) is 5.88 Å². The maximum absolute atomic E-state index is 10.4. The molecule has 20 heavy (non-hydrogen) atoms. The number of nitrogens with zero attached hydrogens (tertiary/aromatic N) is 2. The molecule has 2 aromatic rings. The Kier molecular flexibility index (Phi) is 3.04. The van der Waals surface area contributed by atoms with Crippen LogP contribution < -0.4 is 10.2 Å². The Morgan fingerprint density at radius 3 is 2.85 bits per heavy atom. The van der Waals surface area contributed by atoms with Gasteiger partial charge in [-0.2, -0.15) is 5.10 Å². The van der Waals surface area contributed by atoms with Gasteiger partial charge in [0, 0.05) is 17.8 Å². The second kappa shape index (κ2) is 5.00. The van der Waals surface area contributed by atoms with Crippen molar-refractivity contribution in [1.82, 2.24) is 10.4 Å². The van der Waals surface area contributed by atoms with Gasteiger partial charge in [0.1, 0.15) is 0 Å². The predicted octanol–water partition coefficient (Wildman–Crippen LogP) is 2.16. The van der Waals surface area contributed by atoms with Gasteiger partial charge >= 0.3 is 6.16 Å². The summed E-state index contributed by atoms with van der Waals surface area (Å²) < 4.78 is 4.48. The SMILES string of the molecule is O=C(O)Oc1ccc(C2NN=Cc3ccccc32)cn1. The molecule has 0 aliphatic carbocycles. The summed E-state index contributed by atoms with van der Waals surface area (Å²) in [5.74, 6) is 0.0499. The molecular weight excluding hydrogens is 258 g/mol. The topological polar surface area (TPSA) is 83.8 Å². The van der Waals surface area contributed by atoms with Gasteiger partial charge in [-0.3, -0.25) is 5.43 Å². The van der Waals surface area contributed by atoms with Crippen molar-refractivity contribution in [1.29, 1.82) is 0 Å². The molecule has 1 aliphatic heterocycles. The molecule has 2 N–H and O–H groups in total. The third kappa shape index (κ3) is 2.31. The number of hydrogen-bond donors (Lipinski definition) is 2. The monoisotopic (exact) mass is 269 g/mol. The molecule has 1 aromatic heterocycles. The van der Waals surface area contributed by atoms with E-state index in [-0.39, 0.29) is 11.9 Å². The summed E-state index contributed by atoms with van der Waals surface area (Å²) >= 11 is 0. The molecular formula is C14H11N3O3. The Morgan fingerprint density at radius 1 is 1.25 bits per heavy atom. The molecule has 0 fully saturated rings. The van der Waals surface area contributed by atoms with E-state index in [9.17, 15) is 4.79 Å². The number of fused-ring (bicyclic) bond motifs is 1. The van der Waals surface area contributed by atoms with Crippen molar-refractivity contribution in [2.75, 3.05) is 0 Å². The summed E-state index contributed by atoms with van der Waals surface area (Å²) in [6, 6.07) is 11.1. The third-order valence-electron chi connectivity index (χ3n) is 3.00. The number of hydrogen-bond acceptors (Lipinski definition) is 5. The number of carboxylic acid groups (broad SMARTS) is 1. The molecule has 1 aromatic carbocycles. The summed E-state index contributed by atoms with van der Waals surface area (Å²) in [6.07, 6.45) is 1.96. The molecule has 2 heterocycles. The molecule has 3 rings (SSSR count). The molecule has 6 heteroatoms. The van der Waals surface area contributed by atoms with Gasteiger partial charge in [-0.1, -0.05) is 24.3 Å². The molecule has 0 spiro atoms. The minimum absolute atomic E-state index is 0.0499. The number of hydrazone groups is 1. The van der Waals surface area contributed by atoms with Gasteiger partial charge in [-0.15, -0.1) is 0 Å². The summed E-state index contributed by atoms with van der Waals surface area (Å²) in [6.45, 7) is 0. The quantitative estimate of drug-likeness (QED) is 0.816. The van der Waals surface area contributed by atoms with Crippen molar-refractivity contribution in [2.24, 2.45) is 5.10 Å². The molecule has 1 unspecified atom stereocenters. The van der Waals surface area contributed by atoms with Crippen LogP contribution >= 0.6 is 0 Å². The molecule has 0 amide bonds. The minimum Gasteiger partial charge on any atom is -0.449 e. The molecule has 0 saturated carbocycles. The zero-order chi connectivity index (χ0) is 13.9. The second-order valence-corrected chi connectivity index (χ2v) is 4.25. The van der Waals surface area contributed by atoms with E-state index in [1.54, 1.807) is 18.5 Å². The van der Waals surface area contributed by atoms with E-state index in [1.807, 2.05) is 24.3 Å². The zero-order valence-electron chi connectivity index (χ0n) is 10.4. The second-order valence-electron chi connectivity index (χ2n) is 4.25. The fourth-order valence-corrected chi connectivity index (χ4v) is 2.11. The van der Waals surface area contributed by atoms with Crippen molar-refractivity contribution in [3.63, 3.8) is 0 Å². The van der Waals surface area contributed by atoms with Crippen LogP contribution in [0.25, 0.3) is 0 Å². The Balaban J connectivity index is 1.90. The average molecular weight is 269 g/mol. The highest BCUT2D eigenvalue weighted by Crippen LogP contribution is 2.27. The summed E-state index contributed by atoms with van der Waals surface area (Å²) in [5, 5.41) is 12.6. The molecule has 0 saturated heterocycles. The zero-order valence-corrected chi connectivity index (χ0v) is 10.4. The first kappa shape index (κ1) is 12.2. The van der Waals surface area contributed by atoms with E-state index in [1.165, 1.54) is 6.07 Å². The van der Waals surface area contributed by atoms with Crippen molar-refractivity contribution in [2.45, 2.75) is 6.04 Å². The van der Waals surface area contributed by atoms with Crippen LogP contribution in [0.1, 0.15) is 22.7 Å². The third-order valence-corrected chi connectivity index (χ3v) is 3.00. The molecule has 100 valence electrons. The van der Waals surface area contributed by atoms with Crippen LogP contribution in [0, 0.1) is 0 Å². The van der Waals surface area contributed by atoms with Gasteiger partial charge in [-0.25, -0.2) is 9.78 Å². The average Bonchev–Trinajstić information content (AvgIpc) is 2.47. The highest BCUT2D eigenvalue weighted by molar-refractivity contribution is 5.83. The minimum atomic E-state index is -1.38. The number of nitrogens with one attached hydrogen (secondary N) is 1. The van der Waals surface area contributed by atoms with Gasteiger partial charge in [0.05, 0.1) is 12.3 Å².